The van der Waals surface area contributed by atoms with E-state index in [-0.39, 0.29) is 18.3 Å². The van der Waals surface area contributed by atoms with Gasteiger partial charge in [0.1, 0.15) is 0 Å². The third-order valence-electron chi connectivity index (χ3n) is 1.71. The number of aliphatic carboxylic acids is 2. The summed E-state index contributed by atoms with van der Waals surface area (Å²) < 4.78 is 0. The van der Waals surface area contributed by atoms with Crippen LogP contribution in [0.1, 0.15) is 34.1 Å². The molecule has 2 N–H and O–H groups in total. The molecule has 0 rings (SSSR count). The minimum atomic E-state index is -0.916. The summed E-state index contributed by atoms with van der Waals surface area (Å²) in [6.45, 7) is 7.36. The van der Waals surface area contributed by atoms with Crippen molar-refractivity contribution in [3.8, 4) is 0 Å². The van der Waals surface area contributed by atoms with Crippen LogP contribution in [0.4, 0.5) is 0 Å². The number of nitrogens with zero attached hydrogens (tertiary/aromatic N) is 2. The molecule has 0 aliphatic heterocycles. The summed E-state index contributed by atoms with van der Waals surface area (Å²) >= 11 is 0. The topological polar surface area (TPSA) is 99.3 Å². The molecule has 0 aromatic carbocycles. The Morgan fingerprint density at radius 3 is 1.65 bits per heavy atom. The van der Waals surface area contributed by atoms with Crippen LogP contribution in [0.25, 0.3) is 0 Å². The lowest BCUT2D eigenvalue weighted by Crippen LogP contribution is -2.23. The van der Waals surface area contributed by atoms with E-state index in [9.17, 15) is 9.59 Å². The zero-order valence-electron chi connectivity index (χ0n) is 11.0. The van der Waals surface area contributed by atoms with E-state index in [0.29, 0.717) is 0 Å². The predicted molar refractivity (Wildman–Crippen MR) is 64.1 cm³/mol. The van der Waals surface area contributed by atoms with Gasteiger partial charge >= 0.3 is 11.9 Å². The second-order valence-corrected chi connectivity index (χ2v) is 4.33. The first-order valence-electron chi connectivity index (χ1n) is 5.45. The number of carboxylic acids is 2. The Hall–Kier alpha value is -1.46. The minimum absolute atomic E-state index is 0.00111. The van der Waals surface area contributed by atoms with Gasteiger partial charge in [-0.1, -0.05) is 27.7 Å². The molecule has 1 atom stereocenters. The van der Waals surface area contributed by atoms with E-state index < -0.39 is 18.0 Å². The van der Waals surface area contributed by atoms with Crippen LogP contribution in [0.2, 0.25) is 0 Å². The van der Waals surface area contributed by atoms with E-state index in [2.05, 4.69) is 10.2 Å². The molecule has 0 saturated heterocycles. The number of azo groups is 1. The first-order valence-corrected chi connectivity index (χ1v) is 5.45. The van der Waals surface area contributed by atoms with Crippen molar-refractivity contribution in [2.45, 2.75) is 40.2 Å². The van der Waals surface area contributed by atoms with Crippen molar-refractivity contribution in [3.05, 3.63) is 0 Å². The Balaban J connectivity index is 0. The van der Waals surface area contributed by atoms with Crippen LogP contribution in [0, 0.1) is 11.8 Å². The van der Waals surface area contributed by atoms with Gasteiger partial charge in [0.25, 0.3) is 0 Å². The molecule has 0 heterocycles. The van der Waals surface area contributed by atoms with Crippen molar-refractivity contribution in [1.29, 1.82) is 0 Å². The third-order valence-corrected chi connectivity index (χ3v) is 1.71. The third kappa shape index (κ3) is 12.5. The smallest absolute Gasteiger partial charge is 0.330 e. The monoisotopic (exact) mass is 246 g/mol. The van der Waals surface area contributed by atoms with Crippen LogP contribution in [-0.4, -0.2) is 35.2 Å². The molecule has 0 aliphatic carbocycles. The summed E-state index contributed by atoms with van der Waals surface area (Å²) in [5.41, 5.74) is 0. The maximum absolute atomic E-state index is 10.4. The van der Waals surface area contributed by atoms with Gasteiger partial charge < -0.3 is 10.2 Å². The van der Waals surface area contributed by atoms with E-state index in [0.717, 1.165) is 0 Å². The number of hydrogen-bond acceptors (Lipinski definition) is 4. The van der Waals surface area contributed by atoms with E-state index in [1.807, 2.05) is 13.8 Å². The van der Waals surface area contributed by atoms with Crippen molar-refractivity contribution in [2.24, 2.45) is 22.1 Å². The highest BCUT2D eigenvalue weighted by atomic mass is 16.4. The largest absolute Gasteiger partial charge is 0.481 e. The van der Waals surface area contributed by atoms with E-state index in [4.69, 9.17) is 10.2 Å². The van der Waals surface area contributed by atoms with Gasteiger partial charge in [0.05, 0.1) is 0 Å². The molecule has 0 fully saturated rings. The molecule has 0 radical (unpaired) electrons. The molecule has 0 bridgehead atoms. The van der Waals surface area contributed by atoms with Crippen molar-refractivity contribution >= 4 is 11.9 Å². The van der Waals surface area contributed by atoms with Crippen molar-refractivity contribution in [2.75, 3.05) is 7.05 Å². The quantitative estimate of drug-likeness (QED) is 0.727. The Labute approximate surface area is 102 Å². The van der Waals surface area contributed by atoms with Gasteiger partial charge in [0.2, 0.25) is 0 Å². The summed E-state index contributed by atoms with van der Waals surface area (Å²) in [4.78, 5) is 20.2. The minimum Gasteiger partial charge on any atom is -0.481 e. The first kappa shape index (κ1) is 17.9. The number of rotatable bonds is 5. The van der Waals surface area contributed by atoms with Gasteiger partial charge in [-0.05, 0) is 11.8 Å². The highest BCUT2D eigenvalue weighted by molar-refractivity contribution is 5.73. The summed E-state index contributed by atoms with van der Waals surface area (Å²) in [5, 5.41) is 23.6. The van der Waals surface area contributed by atoms with Gasteiger partial charge in [-0.15, -0.1) is 0 Å². The van der Waals surface area contributed by atoms with Crippen LogP contribution in [0.3, 0.4) is 0 Å². The SMILES string of the molecule is CC(C)CC(=O)O.CN=NC(C(=O)O)C(C)C. The van der Waals surface area contributed by atoms with Crippen molar-refractivity contribution in [1.82, 2.24) is 0 Å². The molecule has 6 nitrogen and oxygen atoms in total. The normalized spacial score (nSPS) is 12.4. The van der Waals surface area contributed by atoms with Gasteiger partial charge in [-0.2, -0.15) is 10.2 Å². The average molecular weight is 246 g/mol. The Kier molecular flexibility index (Phi) is 10.3. The fourth-order valence-electron chi connectivity index (χ4n) is 0.942. The lowest BCUT2D eigenvalue weighted by Gasteiger charge is -2.07. The second-order valence-electron chi connectivity index (χ2n) is 4.33. The van der Waals surface area contributed by atoms with Crippen LogP contribution in [-0.2, 0) is 9.59 Å². The molecule has 6 heteroatoms. The maximum atomic E-state index is 10.4. The predicted octanol–water partition coefficient (Wildman–Crippen LogP) is 2.29. The second kappa shape index (κ2) is 9.74. The summed E-state index contributed by atoms with van der Waals surface area (Å²) in [6, 6.07) is -0.690. The van der Waals surface area contributed by atoms with Crippen LogP contribution in [0.15, 0.2) is 10.2 Å². The summed E-state index contributed by atoms with van der Waals surface area (Å²) in [5.74, 6) is -1.35. The van der Waals surface area contributed by atoms with Crippen LogP contribution < -0.4 is 0 Å². The first-order chi connectivity index (χ1) is 7.72. The van der Waals surface area contributed by atoms with Crippen molar-refractivity contribution < 1.29 is 19.8 Å². The molecule has 0 aromatic rings. The highest BCUT2D eigenvalue weighted by Gasteiger charge is 2.19. The molecule has 0 aliphatic rings. The lowest BCUT2D eigenvalue weighted by molar-refractivity contribution is -0.140. The summed E-state index contributed by atoms with van der Waals surface area (Å²) in [7, 11) is 1.47. The fourth-order valence-corrected chi connectivity index (χ4v) is 0.942. The molecule has 0 aromatic heterocycles. The Morgan fingerprint density at radius 1 is 1.12 bits per heavy atom. The van der Waals surface area contributed by atoms with E-state index >= 15 is 0 Å². The number of hydrogen-bond donors (Lipinski definition) is 2. The average Bonchev–Trinajstić information content (AvgIpc) is 2.11. The zero-order chi connectivity index (χ0) is 14.0. The molecular formula is C11H22N2O4. The standard InChI is InChI=1S/C6H12N2O2.C5H10O2/c1-4(2)5(6(9)10)8-7-3;1-4(2)3-5(6)7/h4-5H,1-3H3,(H,9,10);4H,3H2,1-2H3,(H,6,7). The van der Waals surface area contributed by atoms with Crippen molar-refractivity contribution in [3.63, 3.8) is 0 Å². The Bertz CT molecular complexity index is 262. The van der Waals surface area contributed by atoms with E-state index in [1.165, 1.54) is 7.05 Å². The molecule has 17 heavy (non-hydrogen) atoms. The molecule has 1 unspecified atom stereocenters. The van der Waals surface area contributed by atoms with Gasteiger partial charge in [-0.3, -0.25) is 4.79 Å². The zero-order valence-corrected chi connectivity index (χ0v) is 11.0. The molecule has 0 amide bonds. The molecular weight excluding hydrogens is 224 g/mol. The number of carbonyl (C=O) groups is 2. The van der Waals surface area contributed by atoms with Crippen LogP contribution in [0.5, 0.6) is 0 Å². The molecule has 0 spiro atoms. The lowest BCUT2D eigenvalue weighted by atomic mass is 10.1. The van der Waals surface area contributed by atoms with Gasteiger partial charge in [-0.25, -0.2) is 4.79 Å². The van der Waals surface area contributed by atoms with E-state index in [1.54, 1.807) is 13.8 Å². The van der Waals surface area contributed by atoms with Crippen LogP contribution >= 0.6 is 0 Å². The fraction of sp³-hybridized carbons (Fsp3) is 0.818. The highest BCUT2D eigenvalue weighted by Crippen LogP contribution is 2.06. The van der Waals surface area contributed by atoms with Gasteiger partial charge in [0.15, 0.2) is 6.04 Å². The van der Waals surface area contributed by atoms with Gasteiger partial charge in [0, 0.05) is 13.5 Å². The maximum Gasteiger partial charge on any atom is 0.330 e. The molecule has 0 saturated carbocycles. The molecule has 100 valence electrons. The Morgan fingerprint density at radius 2 is 1.59 bits per heavy atom. The number of carboxylic acid groups (broad SMARTS) is 2. The summed E-state index contributed by atoms with van der Waals surface area (Å²) in [6.07, 6.45) is 0.278.